The summed E-state index contributed by atoms with van der Waals surface area (Å²) in [5.41, 5.74) is 1.50. The van der Waals surface area contributed by atoms with Crippen LogP contribution in [0.1, 0.15) is 20.9 Å². The molecule has 2 aromatic carbocycles. The number of hydrogen-bond donors (Lipinski definition) is 1. The molecule has 1 heterocycles. The molecule has 0 aliphatic heterocycles. The van der Waals surface area contributed by atoms with Crippen molar-refractivity contribution in [3.05, 3.63) is 74.7 Å². The van der Waals surface area contributed by atoms with Crippen LogP contribution in [0.4, 0.5) is 5.13 Å². The molecule has 0 saturated carbocycles. The summed E-state index contributed by atoms with van der Waals surface area (Å²) in [6, 6.07) is 15.1. The molecule has 0 radical (unpaired) electrons. The number of amides is 1. The van der Waals surface area contributed by atoms with E-state index >= 15 is 0 Å². The number of thioether (sulfide) groups is 1. The lowest BCUT2D eigenvalue weighted by molar-refractivity contribution is 0.102. The molecule has 0 unspecified atom stereocenters. The number of nitrogens with one attached hydrogen (secondary N) is 1. The monoisotopic (exact) mass is 409 g/mol. The van der Waals surface area contributed by atoms with Crippen molar-refractivity contribution in [3.8, 4) is 0 Å². The maximum Gasteiger partial charge on any atom is 0.260 e. The average Bonchev–Trinajstić information content (AvgIpc) is 3.03. The van der Waals surface area contributed by atoms with Crippen LogP contribution in [0.3, 0.4) is 0 Å². The molecule has 1 N–H and O–H groups in total. The van der Waals surface area contributed by atoms with E-state index in [-0.39, 0.29) is 5.56 Å². The SMILES string of the molecule is O=C(Nc1nnc(CSCc2ccccc2)s1)c1c(Cl)cccc1Cl. The quantitative estimate of drug-likeness (QED) is 0.581. The van der Waals surface area contributed by atoms with Crippen molar-refractivity contribution in [2.24, 2.45) is 0 Å². The first-order valence-electron chi connectivity index (χ1n) is 7.33. The van der Waals surface area contributed by atoms with Gasteiger partial charge < -0.3 is 0 Å². The summed E-state index contributed by atoms with van der Waals surface area (Å²) in [6.07, 6.45) is 0. The highest BCUT2D eigenvalue weighted by atomic mass is 35.5. The molecule has 3 rings (SSSR count). The van der Waals surface area contributed by atoms with E-state index in [1.807, 2.05) is 18.2 Å². The largest absolute Gasteiger partial charge is 0.296 e. The summed E-state index contributed by atoms with van der Waals surface area (Å²) in [4.78, 5) is 12.3. The Hall–Kier alpha value is -1.60. The van der Waals surface area contributed by atoms with E-state index in [2.05, 4.69) is 27.6 Å². The van der Waals surface area contributed by atoms with Crippen LogP contribution >= 0.6 is 46.3 Å². The van der Waals surface area contributed by atoms with Gasteiger partial charge in [0.2, 0.25) is 5.13 Å². The van der Waals surface area contributed by atoms with E-state index in [1.165, 1.54) is 16.9 Å². The van der Waals surface area contributed by atoms with Crippen LogP contribution in [0, 0.1) is 0 Å². The van der Waals surface area contributed by atoms with E-state index in [0.29, 0.717) is 15.2 Å². The van der Waals surface area contributed by atoms with Crippen LogP contribution in [0.25, 0.3) is 0 Å². The third kappa shape index (κ3) is 4.95. The van der Waals surface area contributed by atoms with Gasteiger partial charge in [0, 0.05) is 11.5 Å². The second-order valence-electron chi connectivity index (χ2n) is 5.03. The van der Waals surface area contributed by atoms with Crippen LogP contribution in [-0.2, 0) is 11.5 Å². The van der Waals surface area contributed by atoms with Gasteiger partial charge >= 0.3 is 0 Å². The molecule has 0 aliphatic carbocycles. The Morgan fingerprint density at radius 3 is 2.44 bits per heavy atom. The topological polar surface area (TPSA) is 54.9 Å². The normalized spacial score (nSPS) is 10.6. The second kappa shape index (κ2) is 8.67. The Morgan fingerprint density at radius 1 is 1.00 bits per heavy atom. The third-order valence-electron chi connectivity index (χ3n) is 3.21. The van der Waals surface area contributed by atoms with E-state index in [1.54, 1.807) is 30.0 Å². The molecule has 8 heteroatoms. The van der Waals surface area contributed by atoms with E-state index in [0.717, 1.165) is 16.5 Å². The molecule has 128 valence electrons. The molecule has 4 nitrogen and oxygen atoms in total. The predicted molar refractivity (Wildman–Crippen MR) is 106 cm³/mol. The van der Waals surface area contributed by atoms with E-state index in [9.17, 15) is 4.79 Å². The van der Waals surface area contributed by atoms with Gasteiger partial charge in [0.15, 0.2) is 0 Å². The highest BCUT2D eigenvalue weighted by Gasteiger charge is 2.16. The lowest BCUT2D eigenvalue weighted by Crippen LogP contribution is -2.12. The van der Waals surface area contributed by atoms with Crippen molar-refractivity contribution in [1.82, 2.24) is 10.2 Å². The van der Waals surface area contributed by atoms with E-state index in [4.69, 9.17) is 23.2 Å². The van der Waals surface area contributed by atoms with Crippen molar-refractivity contribution >= 4 is 57.3 Å². The first kappa shape index (κ1) is 18.2. The van der Waals surface area contributed by atoms with E-state index < -0.39 is 5.91 Å². The zero-order valence-corrected chi connectivity index (χ0v) is 16.1. The Kier molecular flexibility index (Phi) is 6.31. The number of carbonyl (C=O) groups excluding carboxylic acids is 1. The van der Waals surface area contributed by atoms with Crippen molar-refractivity contribution in [3.63, 3.8) is 0 Å². The van der Waals surface area contributed by atoms with Crippen LogP contribution in [0.15, 0.2) is 48.5 Å². The van der Waals surface area contributed by atoms with Crippen molar-refractivity contribution in [1.29, 1.82) is 0 Å². The molecule has 0 saturated heterocycles. The predicted octanol–water partition coefficient (Wildman–Crippen LogP) is 5.53. The lowest BCUT2D eigenvalue weighted by atomic mass is 10.2. The summed E-state index contributed by atoms with van der Waals surface area (Å²) >= 11 is 15.2. The molecule has 3 aromatic rings. The van der Waals surface area contributed by atoms with Gasteiger partial charge in [-0.2, -0.15) is 0 Å². The highest BCUT2D eigenvalue weighted by Crippen LogP contribution is 2.27. The average molecular weight is 410 g/mol. The number of halogens is 2. The van der Waals surface area contributed by atoms with Crippen LogP contribution < -0.4 is 5.32 Å². The fourth-order valence-corrected chi connectivity index (χ4v) is 4.41. The van der Waals surface area contributed by atoms with Gasteiger partial charge in [-0.25, -0.2) is 0 Å². The number of hydrogen-bond acceptors (Lipinski definition) is 5. The summed E-state index contributed by atoms with van der Waals surface area (Å²) in [6.45, 7) is 0. The number of nitrogens with zero attached hydrogens (tertiary/aromatic N) is 2. The Balaban J connectivity index is 1.57. The number of anilines is 1. The van der Waals surface area contributed by atoms with Crippen molar-refractivity contribution in [2.75, 3.05) is 5.32 Å². The van der Waals surface area contributed by atoms with Crippen molar-refractivity contribution < 1.29 is 4.79 Å². The first-order valence-corrected chi connectivity index (χ1v) is 10.1. The molecule has 25 heavy (non-hydrogen) atoms. The molecule has 0 spiro atoms. The molecule has 1 amide bonds. The van der Waals surface area contributed by atoms with Gasteiger partial charge in [0.05, 0.1) is 15.6 Å². The molecule has 0 bridgehead atoms. The Labute approximate surface area is 163 Å². The molecule has 0 fully saturated rings. The summed E-state index contributed by atoms with van der Waals surface area (Å²) < 4.78 is 0. The van der Waals surface area contributed by atoms with Crippen molar-refractivity contribution in [2.45, 2.75) is 11.5 Å². The number of aromatic nitrogens is 2. The zero-order valence-electron chi connectivity index (χ0n) is 12.9. The lowest BCUT2D eigenvalue weighted by Gasteiger charge is -2.05. The van der Waals surface area contributed by atoms with Gasteiger partial charge in [0.1, 0.15) is 5.01 Å². The Bertz CT molecular complexity index is 851. The Morgan fingerprint density at radius 2 is 1.72 bits per heavy atom. The summed E-state index contributed by atoms with van der Waals surface area (Å²) in [5.74, 6) is 1.24. The molecular formula is C17H13Cl2N3OS2. The second-order valence-corrected chi connectivity index (χ2v) is 7.89. The van der Waals surface area contributed by atoms with Crippen LogP contribution in [-0.4, -0.2) is 16.1 Å². The summed E-state index contributed by atoms with van der Waals surface area (Å²) in [7, 11) is 0. The fourth-order valence-electron chi connectivity index (χ4n) is 2.07. The maximum atomic E-state index is 12.3. The number of rotatable bonds is 6. The standard InChI is InChI=1S/C17H13Cl2N3OS2/c18-12-7-4-8-13(19)15(12)16(23)20-17-22-21-14(25-17)10-24-9-11-5-2-1-3-6-11/h1-8H,9-10H2,(H,20,22,23). The number of benzene rings is 2. The van der Waals surface area contributed by atoms with Gasteiger partial charge in [-0.3, -0.25) is 10.1 Å². The summed E-state index contributed by atoms with van der Waals surface area (Å²) in [5, 5.41) is 12.7. The minimum atomic E-state index is -0.393. The minimum Gasteiger partial charge on any atom is -0.296 e. The molecule has 0 aliphatic rings. The smallest absolute Gasteiger partial charge is 0.260 e. The molecule has 1 aromatic heterocycles. The van der Waals surface area contributed by atoms with Gasteiger partial charge in [0.25, 0.3) is 5.91 Å². The minimum absolute atomic E-state index is 0.237. The first-order chi connectivity index (χ1) is 12.1. The van der Waals surface area contributed by atoms with Gasteiger partial charge in [-0.05, 0) is 17.7 Å². The number of carbonyl (C=O) groups is 1. The van der Waals surface area contributed by atoms with Crippen LogP contribution in [0.5, 0.6) is 0 Å². The third-order valence-corrected chi connectivity index (χ3v) is 5.88. The van der Waals surface area contributed by atoms with Gasteiger partial charge in [-0.1, -0.05) is 70.9 Å². The fraction of sp³-hybridized carbons (Fsp3) is 0.118. The maximum absolute atomic E-state index is 12.3. The molecular weight excluding hydrogens is 397 g/mol. The molecule has 0 atom stereocenters. The van der Waals surface area contributed by atoms with Crippen LogP contribution in [0.2, 0.25) is 10.0 Å². The zero-order chi connectivity index (χ0) is 17.6. The van der Waals surface area contributed by atoms with Gasteiger partial charge in [-0.15, -0.1) is 22.0 Å². The highest BCUT2D eigenvalue weighted by molar-refractivity contribution is 7.97.